The highest BCUT2D eigenvalue weighted by Crippen LogP contribution is 2.30. The van der Waals surface area contributed by atoms with E-state index in [-0.39, 0.29) is 6.10 Å². The molecule has 0 aromatic heterocycles. The van der Waals surface area contributed by atoms with E-state index in [1.54, 1.807) is 0 Å². The molecule has 0 aliphatic heterocycles. The van der Waals surface area contributed by atoms with E-state index < -0.39 is 0 Å². The molecule has 2 fully saturated rings. The first-order valence-corrected chi connectivity index (χ1v) is 10.0. The van der Waals surface area contributed by atoms with Gasteiger partial charge in [0.15, 0.2) is 0 Å². The zero-order valence-corrected chi connectivity index (χ0v) is 15.8. The lowest BCUT2D eigenvalue weighted by atomic mass is 9.89. The predicted octanol–water partition coefficient (Wildman–Crippen LogP) is 4.23. The fourth-order valence-electron chi connectivity index (χ4n) is 4.31. The van der Waals surface area contributed by atoms with Gasteiger partial charge in [0.1, 0.15) is 0 Å². The van der Waals surface area contributed by atoms with Crippen LogP contribution in [0.3, 0.4) is 0 Å². The monoisotopic (exact) mass is 325 g/mol. The van der Waals surface area contributed by atoms with E-state index in [0.29, 0.717) is 12.2 Å². The maximum absolute atomic E-state index is 9.61. The summed E-state index contributed by atoms with van der Waals surface area (Å²) in [5.41, 5.74) is 0. The number of ether oxygens (including phenoxy) is 1. The largest absolute Gasteiger partial charge is 0.393 e. The first-order valence-electron chi connectivity index (χ1n) is 10.0. The lowest BCUT2D eigenvalue weighted by molar-refractivity contribution is -0.0687. The van der Waals surface area contributed by atoms with Crippen LogP contribution in [-0.4, -0.2) is 47.4 Å². The highest BCUT2D eigenvalue weighted by atomic mass is 16.5. The lowest BCUT2D eigenvalue weighted by Gasteiger charge is -2.40. The van der Waals surface area contributed by atoms with Crippen LogP contribution in [0.15, 0.2) is 0 Å². The molecule has 2 aliphatic rings. The van der Waals surface area contributed by atoms with Crippen molar-refractivity contribution in [1.82, 2.24) is 4.90 Å². The normalized spacial score (nSPS) is 32.9. The van der Waals surface area contributed by atoms with E-state index in [0.717, 1.165) is 43.6 Å². The number of aliphatic hydroxyl groups is 1. The fourth-order valence-corrected chi connectivity index (χ4v) is 4.31. The first kappa shape index (κ1) is 19.2. The Labute approximate surface area is 143 Å². The van der Waals surface area contributed by atoms with Crippen molar-refractivity contribution in [2.75, 3.05) is 13.1 Å². The molecule has 0 unspecified atom stereocenters. The van der Waals surface area contributed by atoms with Gasteiger partial charge in [-0.1, -0.05) is 27.7 Å². The van der Waals surface area contributed by atoms with Gasteiger partial charge in [-0.2, -0.15) is 0 Å². The molecule has 0 radical (unpaired) electrons. The average Bonchev–Trinajstić information content (AvgIpc) is 2.49. The number of aliphatic hydroxyl groups excluding tert-OH is 1. The number of nitrogens with zero attached hydrogens (tertiary/aromatic N) is 1. The van der Waals surface area contributed by atoms with Gasteiger partial charge in [-0.3, -0.25) is 4.90 Å². The molecule has 0 spiro atoms. The smallest absolute Gasteiger partial charge is 0.0580 e. The second-order valence-corrected chi connectivity index (χ2v) is 8.74. The van der Waals surface area contributed by atoms with Crippen LogP contribution in [-0.2, 0) is 4.74 Å². The predicted molar refractivity (Wildman–Crippen MR) is 96.6 cm³/mol. The third-order valence-corrected chi connectivity index (χ3v) is 5.39. The van der Waals surface area contributed by atoms with Crippen molar-refractivity contribution in [3.05, 3.63) is 0 Å². The summed E-state index contributed by atoms with van der Waals surface area (Å²) in [5, 5.41) is 9.61. The molecule has 136 valence electrons. The standard InChI is InChI=1S/C20H39NO2/c1-15(2)13-21(14-16(3)4)17-5-9-19(10-6-17)23-20-11-7-18(22)8-12-20/h15-20,22H,5-14H2,1-4H3. The van der Waals surface area contributed by atoms with E-state index in [4.69, 9.17) is 4.74 Å². The Bertz CT molecular complexity index is 306. The topological polar surface area (TPSA) is 32.7 Å². The van der Waals surface area contributed by atoms with Crippen LogP contribution in [0, 0.1) is 11.8 Å². The summed E-state index contributed by atoms with van der Waals surface area (Å²) >= 11 is 0. The van der Waals surface area contributed by atoms with Crippen LogP contribution in [0.2, 0.25) is 0 Å². The van der Waals surface area contributed by atoms with E-state index in [9.17, 15) is 5.11 Å². The van der Waals surface area contributed by atoms with Crippen molar-refractivity contribution >= 4 is 0 Å². The minimum Gasteiger partial charge on any atom is -0.393 e. The minimum absolute atomic E-state index is 0.0776. The molecular weight excluding hydrogens is 286 g/mol. The second kappa shape index (κ2) is 9.39. The summed E-state index contributed by atoms with van der Waals surface area (Å²) < 4.78 is 6.34. The first-order chi connectivity index (χ1) is 10.9. The van der Waals surface area contributed by atoms with Gasteiger partial charge in [0.05, 0.1) is 18.3 Å². The molecule has 0 heterocycles. The van der Waals surface area contributed by atoms with Gasteiger partial charge >= 0.3 is 0 Å². The Morgan fingerprint density at radius 2 is 1.22 bits per heavy atom. The summed E-state index contributed by atoms with van der Waals surface area (Å²) in [7, 11) is 0. The van der Waals surface area contributed by atoms with Gasteiger partial charge in [0.25, 0.3) is 0 Å². The molecule has 3 heteroatoms. The Balaban J connectivity index is 1.75. The van der Waals surface area contributed by atoms with Gasteiger partial charge in [-0.25, -0.2) is 0 Å². The molecular formula is C20H39NO2. The molecule has 0 atom stereocenters. The zero-order chi connectivity index (χ0) is 16.8. The summed E-state index contributed by atoms with van der Waals surface area (Å²) in [4.78, 5) is 2.74. The van der Waals surface area contributed by atoms with Crippen LogP contribution in [0.25, 0.3) is 0 Å². The maximum atomic E-state index is 9.61. The molecule has 23 heavy (non-hydrogen) atoms. The van der Waals surface area contributed by atoms with Crippen molar-refractivity contribution in [3.63, 3.8) is 0 Å². The molecule has 0 amide bonds. The minimum atomic E-state index is -0.0776. The summed E-state index contributed by atoms with van der Waals surface area (Å²) in [5.74, 6) is 1.49. The molecule has 0 saturated heterocycles. The number of rotatable bonds is 7. The van der Waals surface area contributed by atoms with Crippen LogP contribution in [0.5, 0.6) is 0 Å². The van der Waals surface area contributed by atoms with Crippen molar-refractivity contribution < 1.29 is 9.84 Å². The molecule has 2 aliphatic carbocycles. The lowest BCUT2D eigenvalue weighted by Crippen LogP contribution is -2.43. The van der Waals surface area contributed by atoms with Crippen LogP contribution < -0.4 is 0 Å². The summed E-state index contributed by atoms with van der Waals surface area (Å²) in [6.45, 7) is 11.8. The van der Waals surface area contributed by atoms with E-state index in [2.05, 4.69) is 32.6 Å². The highest BCUT2D eigenvalue weighted by molar-refractivity contribution is 4.82. The number of hydrogen-bond donors (Lipinski definition) is 1. The third-order valence-electron chi connectivity index (χ3n) is 5.39. The van der Waals surface area contributed by atoms with Crippen LogP contribution >= 0.6 is 0 Å². The number of hydrogen-bond acceptors (Lipinski definition) is 3. The van der Waals surface area contributed by atoms with Crippen molar-refractivity contribution in [2.24, 2.45) is 11.8 Å². The van der Waals surface area contributed by atoms with Gasteiger partial charge < -0.3 is 9.84 Å². The van der Waals surface area contributed by atoms with E-state index >= 15 is 0 Å². The highest BCUT2D eigenvalue weighted by Gasteiger charge is 2.29. The molecule has 2 rings (SSSR count). The Hall–Kier alpha value is -0.120. The van der Waals surface area contributed by atoms with Crippen LogP contribution in [0.4, 0.5) is 0 Å². The second-order valence-electron chi connectivity index (χ2n) is 8.74. The average molecular weight is 326 g/mol. The molecule has 0 aromatic rings. The molecule has 1 N–H and O–H groups in total. The fraction of sp³-hybridized carbons (Fsp3) is 1.00. The molecule has 3 nitrogen and oxygen atoms in total. The Kier molecular flexibility index (Phi) is 7.84. The molecule has 0 bridgehead atoms. The van der Waals surface area contributed by atoms with Gasteiger partial charge in [0, 0.05) is 19.1 Å². The van der Waals surface area contributed by atoms with Gasteiger partial charge in [0.2, 0.25) is 0 Å². The SMILES string of the molecule is CC(C)CN(CC(C)C)C1CCC(OC2CCC(O)CC2)CC1. The van der Waals surface area contributed by atoms with Gasteiger partial charge in [-0.15, -0.1) is 0 Å². The Morgan fingerprint density at radius 1 is 0.783 bits per heavy atom. The maximum Gasteiger partial charge on any atom is 0.0580 e. The molecule has 2 saturated carbocycles. The third kappa shape index (κ3) is 6.72. The van der Waals surface area contributed by atoms with Crippen molar-refractivity contribution in [2.45, 2.75) is 103 Å². The summed E-state index contributed by atoms with van der Waals surface area (Å²) in [6.07, 6.45) is 9.76. The van der Waals surface area contributed by atoms with Crippen molar-refractivity contribution in [3.8, 4) is 0 Å². The summed E-state index contributed by atoms with van der Waals surface area (Å²) in [6, 6.07) is 0.757. The molecule has 0 aromatic carbocycles. The van der Waals surface area contributed by atoms with Gasteiger partial charge in [-0.05, 0) is 63.2 Å². The van der Waals surface area contributed by atoms with Crippen LogP contribution in [0.1, 0.15) is 79.1 Å². The van der Waals surface area contributed by atoms with E-state index in [1.807, 2.05) is 0 Å². The zero-order valence-electron chi connectivity index (χ0n) is 15.8. The van der Waals surface area contributed by atoms with E-state index in [1.165, 1.54) is 38.8 Å². The quantitative estimate of drug-likeness (QED) is 0.760. The Morgan fingerprint density at radius 3 is 1.65 bits per heavy atom. The van der Waals surface area contributed by atoms with Crippen molar-refractivity contribution in [1.29, 1.82) is 0 Å².